The van der Waals surface area contributed by atoms with E-state index in [1.54, 1.807) is 18.2 Å². The molecule has 1 aromatic carbocycles. The summed E-state index contributed by atoms with van der Waals surface area (Å²) >= 11 is 3.55. The van der Waals surface area contributed by atoms with E-state index in [0.29, 0.717) is 41.6 Å². The first kappa shape index (κ1) is 17.8. The minimum Gasteiger partial charge on any atom is -0.490 e. The van der Waals surface area contributed by atoms with Gasteiger partial charge in [0.25, 0.3) is 5.91 Å². The second kappa shape index (κ2) is 9.66. The predicted octanol–water partition coefficient (Wildman–Crippen LogP) is 3.78. The summed E-state index contributed by atoms with van der Waals surface area (Å²) in [7, 11) is 0. The van der Waals surface area contributed by atoms with Crippen LogP contribution in [0.2, 0.25) is 0 Å². The number of hydrogen-bond donors (Lipinski definition) is 1. The third-order valence-electron chi connectivity index (χ3n) is 2.99. The van der Waals surface area contributed by atoms with Gasteiger partial charge in [0.2, 0.25) is 0 Å². The molecule has 0 spiro atoms. The van der Waals surface area contributed by atoms with Crippen LogP contribution in [-0.2, 0) is 0 Å². The summed E-state index contributed by atoms with van der Waals surface area (Å²) in [6, 6.07) is 5.27. The van der Waals surface area contributed by atoms with E-state index in [0.717, 1.165) is 12.8 Å². The lowest BCUT2D eigenvalue weighted by atomic mass is 10.2. The molecule has 1 N–H and O–H groups in total. The number of alkyl halides is 1. The average Bonchev–Trinajstić information content (AvgIpc) is 2.49. The molecule has 0 saturated heterocycles. The van der Waals surface area contributed by atoms with Crippen molar-refractivity contribution in [3.05, 3.63) is 23.8 Å². The van der Waals surface area contributed by atoms with Crippen LogP contribution in [0.1, 0.15) is 44.0 Å². The number of hydrogen-bond acceptors (Lipinski definition) is 3. The van der Waals surface area contributed by atoms with Crippen molar-refractivity contribution in [3.8, 4) is 11.5 Å². The zero-order valence-electron chi connectivity index (χ0n) is 12.9. The van der Waals surface area contributed by atoms with Gasteiger partial charge in [-0.25, -0.2) is 0 Å². The van der Waals surface area contributed by atoms with Crippen molar-refractivity contribution >= 4 is 21.8 Å². The van der Waals surface area contributed by atoms with E-state index in [4.69, 9.17) is 9.47 Å². The van der Waals surface area contributed by atoms with Crippen molar-refractivity contribution in [2.75, 3.05) is 19.8 Å². The van der Waals surface area contributed by atoms with Crippen molar-refractivity contribution in [1.29, 1.82) is 0 Å². The lowest BCUT2D eigenvalue weighted by Gasteiger charge is -2.13. The van der Waals surface area contributed by atoms with Crippen LogP contribution in [0.5, 0.6) is 11.5 Å². The highest BCUT2D eigenvalue weighted by Gasteiger charge is 2.11. The molecule has 0 aliphatic carbocycles. The number of halogens is 1. The van der Waals surface area contributed by atoms with Gasteiger partial charge >= 0.3 is 0 Å². The molecule has 1 aromatic rings. The third-order valence-corrected chi connectivity index (χ3v) is 4.10. The fraction of sp³-hybridized carbons (Fsp3) is 0.562. The maximum atomic E-state index is 12.1. The molecule has 0 fully saturated rings. The third kappa shape index (κ3) is 5.96. The normalized spacial score (nSPS) is 11.8. The van der Waals surface area contributed by atoms with E-state index in [2.05, 4.69) is 28.2 Å². The Morgan fingerprint density at radius 2 is 1.86 bits per heavy atom. The Hall–Kier alpha value is -1.23. The predicted molar refractivity (Wildman–Crippen MR) is 88.7 cm³/mol. The quantitative estimate of drug-likeness (QED) is 0.684. The topological polar surface area (TPSA) is 47.6 Å². The minimum absolute atomic E-state index is 0.0881. The summed E-state index contributed by atoms with van der Waals surface area (Å²) in [6.45, 7) is 7.69. The Morgan fingerprint density at radius 1 is 1.19 bits per heavy atom. The molecular formula is C16H24BrNO3. The number of benzene rings is 1. The number of carbonyl (C=O) groups is 1. The summed E-state index contributed by atoms with van der Waals surface area (Å²) in [4.78, 5) is 12.6. The molecule has 1 rings (SSSR count). The van der Waals surface area contributed by atoms with Crippen LogP contribution in [-0.4, -0.2) is 30.5 Å². The first-order valence-electron chi connectivity index (χ1n) is 7.44. The van der Waals surface area contributed by atoms with E-state index in [9.17, 15) is 4.79 Å². The van der Waals surface area contributed by atoms with Gasteiger partial charge < -0.3 is 14.8 Å². The summed E-state index contributed by atoms with van der Waals surface area (Å²) < 4.78 is 11.0. The zero-order chi connectivity index (χ0) is 15.7. The molecular weight excluding hydrogens is 334 g/mol. The summed E-state index contributed by atoms with van der Waals surface area (Å²) in [5.41, 5.74) is 0.588. The lowest BCUT2D eigenvalue weighted by Crippen LogP contribution is -2.26. The van der Waals surface area contributed by atoms with Crippen LogP contribution in [0.15, 0.2) is 18.2 Å². The smallest absolute Gasteiger partial charge is 0.251 e. The van der Waals surface area contributed by atoms with Gasteiger partial charge in [-0.1, -0.05) is 22.9 Å². The van der Waals surface area contributed by atoms with Gasteiger partial charge in [0, 0.05) is 16.9 Å². The molecule has 0 saturated carbocycles. The summed E-state index contributed by atoms with van der Waals surface area (Å²) in [5.74, 6) is 1.19. The molecule has 0 aliphatic rings. The van der Waals surface area contributed by atoms with Crippen LogP contribution in [0.25, 0.3) is 0 Å². The Balaban J connectivity index is 2.69. The number of ether oxygens (including phenoxy) is 2. The molecule has 118 valence electrons. The molecule has 0 heterocycles. The maximum absolute atomic E-state index is 12.1. The Kier molecular flexibility index (Phi) is 8.20. The van der Waals surface area contributed by atoms with E-state index in [1.807, 2.05) is 13.8 Å². The van der Waals surface area contributed by atoms with Crippen molar-refractivity contribution in [3.63, 3.8) is 0 Å². The number of nitrogens with one attached hydrogen (secondary N) is 1. The van der Waals surface area contributed by atoms with E-state index in [1.165, 1.54) is 0 Å². The highest BCUT2D eigenvalue weighted by Crippen LogP contribution is 2.28. The Labute approximate surface area is 135 Å². The first-order chi connectivity index (χ1) is 10.1. The molecule has 5 heteroatoms. The second-order valence-corrected chi connectivity index (χ2v) is 5.87. The lowest BCUT2D eigenvalue weighted by molar-refractivity contribution is 0.0952. The van der Waals surface area contributed by atoms with Crippen LogP contribution in [0.3, 0.4) is 0 Å². The molecule has 0 aliphatic heterocycles. The largest absolute Gasteiger partial charge is 0.490 e. The monoisotopic (exact) mass is 357 g/mol. The molecule has 0 bridgehead atoms. The fourth-order valence-electron chi connectivity index (χ4n) is 1.84. The van der Waals surface area contributed by atoms with Gasteiger partial charge in [0.05, 0.1) is 13.2 Å². The number of carbonyl (C=O) groups excluding carboxylic acids is 1. The van der Waals surface area contributed by atoms with Crippen LogP contribution in [0, 0.1) is 0 Å². The number of amides is 1. The highest BCUT2D eigenvalue weighted by molar-refractivity contribution is 9.09. The van der Waals surface area contributed by atoms with E-state index >= 15 is 0 Å². The van der Waals surface area contributed by atoms with Crippen molar-refractivity contribution in [2.24, 2.45) is 0 Å². The average molecular weight is 358 g/mol. The van der Waals surface area contributed by atoms with Gasteiger partial charge in [-0.3, -0.25) is 4.79 Å². The summed E-state index contributed by atoms with van der Waals surface area (Å²) in [5, 5.41) is 2.92. The van der Waals surface area contributed by atoms with Gasteiger partial charge in [-0.2, -0.15) is 0 Å². The van der Waals surface area contributed by atoms with Gasteiger partial charge in [-0.15, -0.1) is 0 Å². The first-order valence-corrected chi connectivity index (χ1v) is 8.35. The number of rotatable bonds is 9. The fourth-order valence-corrected chi connectivity index (χ4v) is 2.07. The van der Waals surface area contributed by atoms with Gasteiger partial charge in [-0.05, 0) is 44.9 Å². The molecule has 4 nitrogen and oxygen atoms in total. The molecule has 1 amide bonds. The Bertz CT molecular complexity index is 451. The van der Waals surface area contributed by atoms with Crippen molar-refractivity contribution in [1.82, 2.24) is 5.32 Å². The highest BCUT2D eigenvalue weighted by atomic mass is 79.9. The van der Waals surface area contributed by atoms with E-state index in [-0.39, 0.29) is 5.91 Å². The van der Waals surface area contributed by atoms with Gasteiger partial charge in [0.15, 0.2) is 11.5 Å². The molecule has 1 unspecified atom stereocenters. The standard InChI is InChI=1S/C16H24BrNO3/c1-4-13(17)9-10-18-16(19)12-7-8-14(20-5-2)15(11-12)21-6-3/h7-8,11,13H,4-6,9-10H2,1-3H3,(H,18,19). The Morgan fingerprint density at radius 3 is 2.48 bits per heavy atom. The van der Waals surface area contributed by atoms with Crippen molar-refractivity contribution in [2.45, 2.75) is 38.4 Å². The zero-order valence-corrected chi connectivity index (χ0v) is 14.5. The molecule has 1 atom stereocenters. The molecule has 21 heavy (non-hydrogen) atoms. The van der Waals surface area contributed by atoms with Gasteiger partial charge in [0.1, 0.15) is 0 Å². The second-order valence-electron chi connectivity index (χ2n) is 4.58. The summed E-state index contributed by atoms with van der Waals surface area (Å²) in [6.07, 6.45) is 1.96. The van der Waals surface area contributed by atoms with E-state index < -0.39 is 0 Å². The minimum atomic E-state index is -0.0881. The van der Waals surface area contributed by atoms with Crippen LogP contribution < -0.4 is 14.8 Å². The molecule has 0 aromatic heterocycles. The maximum Gasteiger partial charge on any atom is 0.251 e. The van der Waals surface area contributed by atoms with Crippen molar-refractivity contribution < 1.29 is 14.3 Å². The van der Waals surface area contributed by atoms with Crippen LogP contribution >= 0.6 is 15.9 Å². The SMILES string of the molecule is CCOc1ccc(C(=O)NCCC(Br)CC)cc1OCC. The molecule has 0 radical (unpaired) electrons. The van der Waals surface area contributed by atoms with Crippen LogP contribution in [0.4, 0.5) is 0 Å².